The number of ether oxygens (including phenoxy) is 1. The van der Waals surface area contributed by atoms with E-state index in [0.717, 1.165) is 4.47 Å². The first-order chi connectivity index (χ1) is 5.66. The summed E-state index contributed by atoms with van der Waals surface area (Å²) in [6.07, 6.45) is -1.18. The number of hydrogen-bond acceptors (Lipinski definition) is 4. The third-order valence-electron chi connectivity index (χ3n) is 1.36. The van der Waals surface area contributed by atoms with Crippen molar-refractivity contribution in [3.63, 3.8) is 0 Å². The second-order valence-electron chi connectivity index (χ2n) is 2.10. The smallest absolute Gasteiger partial charge is 0.339 e. The van der Waals surface area contributed by atoms with Crippen molar-refractivity contribution in [2.45, 2.75) is 6.10 Å². The maximum Gasteiger partial charge on any atom is 0.339 e. The summed E-state index contributed by atoms with van der Waals surface area (Å²) in [6.45, 7) is 0. The largest absolute Gasteiger partial charge is 0.467 e. The van der Waals surface area contributed by atoms with Crippen LogP contribution in [0.4, 0.5) is 0 Å². The molecule has 0 aliphatic heterocycles. The molecule has 0 saturated heterocycles. The minimum atomic E-state index is -1.18. The average Bonchev–Trinajstić information content (AvgIpc) is 2.48. The summed E-state index contributed by atoms with van der Waals surface area (Å²) >= 11 is 4.61. The highest BCUT2D eigenvalue weighted by atomic mass is 79.9. The fraction of sp³-hybridized carbons (Fsp3) is 0.286. The minimum absolute atomic E-state index is 0.548. The van der Waals surface area contributed by atoms with Crippen molar-refractivity contribution in [2.75, 3.05) is 7.11 Å². The molecule has 1 aromatic rings. The van der Waals surface area contributed by atoms with E-state index in [-0.39, 0.29) is 0 Å². The molecule has 1 unspecified atom stereocenters. The van der Waals surface area contributed by atoms with Gasteiger partial charge >= 0.3 is 5.97 Å². The van der Waals surface area contributed by atoms with Gasteiger partial charge in [0.05, 0.1) is 7.11 Å². The lowest BCUT2D eigenvalue weighted by Crippen LogP contribution is -2.12. The Morgan fingerprint density at radius 2 is 2.42 bits per heavy atom. The van der Waals surface area contributed by atoms with Gasteiger partial charge in [-0.2, -0.15) is 11.3 Å². The maximum absolute atomic E-state index is 10.9. The summed E-state index contributed by atoms with van der Waals surface area (Å²) < 4.78 is 5.11. The molecule has 5 heteroatoms. The Bertz CT molecular complexity index is 284. The van der Waals surface area contributed by atoms with Gasteiger partial charge in [-0.3, -0.25) is 0 Å². The fourth-order valence-corrected chi connectivity index (χ4v) is 2.26. The van der Waals surface area contributed by atoms with Gasteiger partial charge in [0, 0.05) is 15.4 Å². The van der Waals surface area contributed by atoms with Gasteiger partial charge in [-0.1, -0.05) is 0 Å². The Kier molecular flexibility index (Phi) is 3.25. The van der Waals surface area contributed by atoms with E-state index < -0.39 is 12.1 Å². The van der Waals surface area contributed by atoms with Gasteiger partial charge in [0.2, 0.25) is 0 Å². The third-order valence-corrected chi connectivity index (χ3v) is 3.11. The van der Waals surface area contributed by atoms with Gasteiger partial charge in [0.25, 0.3) is 0 Å². The van der Waals surface area contributed by atoms with Gasteiger partial charge in [0.15, 0.2) is 6.10 Å². The van der Waals surface area contributed by atoms with Gasteiger partial charge in [-0.15, -0.1) is 0 Å². The minimum Gasteiger partial charge on any atom is -0.467 e. The highest BCUT2D eigenvalue weighted by Gasteiger charge is 2.20. The second-order valence-corrected chi connectivity index (χ2v) is 3.70. The van der Waals surface area contributed by atoms with Crippen molar-refractivity contribution in [2.24, 2.45) is 0 Å². The molecular formula is C7H7BrO3S. The zero-order valence-electron chi connectivity index (χ0n) is 6.28. The highest BCUT2D eigenvalue weighted by Crippen LogP contribution is 2.27. The van der Waals surface area contributed by atoms with Crippen LogP contribution in [0.3, 0.4) is 0 Å². The van der Waals surface area contributed by atoms with Crippen LogP contribution < -0.4 is 0 Å². The molecule has 0 spiro atoms. The summed E-state index contributed by atoms with van der Waals surface area (Å²) in [4.78, 5) is 10.9. The van der Waals surface area contributed by atoms with Crippen LogP contribution in [0.2, 0.25) is 0 Å². The summed E-state index contributed by atoms with van der Waals surface area (Å²) in [5.41, 5.74) is 0.548. The number of carbonyl (C=O) groups is 1. The zero-order chi connectivity index (χ0) is 9.14. The Hall–Kier alpha value is -0.390. The lowest BCUT2D eigenvalue weighted by Gasteiger charge is -2.06. The molecule has 1 N–H and O–H groups in total. The second kappa shape index (κ2) is 4.02. The number of rotatable bonds is 2. The van der Waals surface area contributed by atoms with Crippen LogP contribution >= 0.6 is 27.3 Å². The Labute approximate surface area is 82.1 Å². The van der Waals surface area contributed by atoms with Crippen molar-refractivity contribution in [3.05, 3.63) is 20.8 Å². The van der Waals surface area contributed by atoms with Crippen LogP contribution in [0.1, 0.15) is 11.7 Å². The molecule has 0 aromatic carbocycles. The van der Waals surface area contributed by atoms with Gasteiger partial charge < -0.3 is 9.84 Å². The number of hydrogen-bond donors (Lipinski definition) is 1. The molecule has 1 atom stereocenters. The molecule has 1 rings (SSSR count). The molecule has 0 aliphatic rings. The standard InChI is InChI=1S/C7H7BrO3S/c1-11-7(10)6(9)4-2-12-3-5(4)8/h2-3,6,9H,1H3. The molecule has 0 saturated carbocycles. The molecule has 66 valence electrons. The summed E-state index contributed by atoms with van der Waals surface area (Å²) in [7, 11) is 1.24. The summed E-state index contributed by atoms with van der Waals surface area (Å²) in [5.74, 6) is -0.644. The number of carbonyl (C=O) groups excluding carboxylic acids is 1. The molecule has 0 aliphatic carbocycles. The number of esters is 1. The van der Waals surface area contributed by atoms with E-state index in [1.54, 1.807) is 10.8 Å². The van der Waals surface area contributed by atoms with Crippen LogP contribution in [-0.2, 0) is 9.53 Å². The van der Waals surface area contributed by atoms with Crippen LogP contribution in [-0.4, -0.2) is 18.2 Å². The van der Waals surface area contributed by atoms with Crippen molar-refractivity contribution < 1.29 is 14.6 Å². The van der Waals surface area contributed by atoms with E-state index in [0.29, 0.717) is 5.56 Å². The van der Waals surface area contributed by atoms with Crippen LogP contribution in [0.5, 0.6) is 0 Å². The maximum atomic E-state index is 10.9. The van der Waals surface area contributed by atoms with Crippen molar-refractivity contribution in [1.29, 1.82) is 0 Å². The molecule has 1 heterocycles. The Balaban J connectivity index is 2.84. The quantitative estimate of drug-likeness (QED) is 0.814. The van der Waals surface area contributed by atoms with Gasteiger partial charge in [0.1, 0.15) is 0 Å². The number of aliphatic hydroxyl groups excluding tert-OH is 1. The molecule has 0 bridgehead atoms. The van der Waals surface area contributed by atoms with Crippen molar-refractivity contribution >= 4 is 33.2 Å². The first-order valence-electron chi connectivity index (χ1n) is 3.14. The summed E-state index contributed by atoms with van der Waals surface area (Å²) in [5, 5.41) is 12.9. The topological polar surface area (TPSA) is 46.5 Å². The van der Waals surface area contributed by atoms with E-state index in [1.807, 2.05) is 0 Å². The molecule has 12 heavy (non-hydrogen) atoms. The third kappa shape index (κ3) is 1.85. The molecule has 0 amide bonds. The van der Waals surface area contributed by atoms with Crippen molar-refractivity contribution in [1.82, 2.24) is 0 Å². The predicted octanol–water partition coefficient (Wildman–Crippen LogP) is 1.72. The monoisotopic (exact) mass is 250 g/mol. The number of thiophene rings is 1. The number of methoxy groups -OCH3 is 1. The Morgan fingerprint density at radius 3 is 2.83 bits per heavy atom. The zero-order valence-corrected chi connectivity index (χ0v) is 8.68. The van der Waals surface area contributed by atoms with Crippen LogP contribution in [0, 0.1) is 0 Å². The first kappa shape index (κ1) is 9.70. The van der Waals surface area contributed by atoms with Gasteiger partial charge in [-0.25, -0.2) is 4.79 Å². The fourth-order valence-electron chi connectivity index (χ4n) is 0.725. The average molecular weight is 251 g/mol. The molecule has 1 aromatic heterocycles. The van der Waals surface area contributed by atoms with Crippen LogP contribution in [0.15, 0.2) is 15.2 Å². The highest BCUT2D eigenvalue weighted by molar-refractivity contribution is 9.10. The first-order valence-corrected chi connectivity index (χ1v) is 4.88. The van der Waals surface area contributed by atoms with Crippen molar-refractivity contribution in [3.8, 4) is 0 Å². The van der Waals surface area contributed by atoms with E-state index in [4.69, 9.17) is 0 Å². The Morgan fingerprint density at radius 1 is 1.75 bits per heavy atom. The van der Waals surface area contributed by atoms with Crippen LogP contribution in [0.25, 0.3) is 0 Å². The normalized spacial score (nSPS) is 12.6. The number of aliphatic hydroxyl groups is 1. The predicted molar refractivity (Wildman–Crippen MR) is 49.0 cm³/mol. The van der Waals surface area contributed by atoms with E-state index in [9.17, 15) is 9.90 Å². The van der Waals surface area contributed by atoms with Gasteiger partial charge in [-0.05, 0) is 21.3 Å². The lowest BCUT2D eigenvalue weighted by atomic mass is 10.2. The molecular weight excluding hydrogens is 244 g/mol. The van der Waals surface area contributed by atoms with E-state index in [2.05, 4.69) is 20.7 Å². The molecule has 0 radical (unpaired) electrons. The molecule has 0 fully saturated rings. The molecule has 3 nitrogen and oxygen atoms in total. The lowest BCUT2D eigenvalue weighted by molar-refractivity contribution is -0.150. The van der Waals surface area contributed by atoms with E-state index in [1.165, 1.54) is 18.4 Å². The van der Waals surface area contributed by atoms with E-state index >= 15 is 0 Å². The number of halogens is 1. The SMILES string of the molecule is COC(=O)C(O)c1cscc1Br. The summed E-state index contributed by atoms with van der Waals surface area (Å²) in [6, 6.07) is 0.